The van der Waals surface area contributed by atoms with Crippen LogP contribution in [-0.2, 0) is 14.3 Å². The summed E-state index contributed by atoms with van der Waals surface area (Å²) in [4.78, 5) is 21.2. The number of hydrogen-bond acceptors (Lipinski definition) is 6. The van der Waals surface area contributed by atoms with Crippen LogP contribution in [0.1, 0.15) is 104 Å². The third-order valence-electron chi connectivity index (χ3n) is 4.91. The van der Waals surface area contributed by atoms with Gasteiger partial charge in [-0.15, -0.1) is 0 Å². The first kappa shape index (κ1) is 32.3. The topological polar surface area (TPSA) is 172 Å². The number of carbonyl (C=O) groups is 2. The molecule has 190 valence electrons. The van der Waals surface area contributed by atoms with Crippen molar-refractivity contribution in [3.63, 3.8) is 0 Å². The molecule has 0 aromatic heterocycles. The standard InChI is InChI=1S/C17H34O3.C6H14N4O2/c1-3-4-5-6-7-8-9-10-11-12-13-14-15-20-17(19)16(2)18;7-4(5(11)12)2-1-3-10-6(8)9/h16,18H,3-15H2,1-2H3;4H,1-3,7H2,(H,11,12)(H4,8,9,10). The molecule has 0 bridgehead atoms. The highest BCUT2D eigenvalue weighted by molar-refractivity contribution is 5.74. The van der Waals surface area contributed by atoms with E-state index in [1.165, 1.54) is 71.1 Å². The monoisotopic (exact) mass is 460 g/mol. The molecule has 32 heavy (non-hydrogen) atoms. The first-order valence-corrected chi connectivity index (χ1v) is 12.1. The lowest BCUT2D eigenvalue weighted by atomic mass is 10.1. The van der Waals surface area contributed by atoms with E-state index in [0.29, 0.717) is 26.0 Å². The number of carbonyl (C=O) groups excluding carboxylic acids is 1. The van der Waals surface area contributed by atoms with Crippen LogP contribution >= 0.6 is 0 Å². The Morgan fingerprint density at radius 3 is 1.81 bits per heavy atom. The van der Waals surface area contributed by atoms with Crippen LogP contribution in [0.25, 0.3) is 0 Å². The molecule has 0 aliphatic rings. The molecule has 0 rings (SSSR count). The first-order valence-electron chi connectivity index (χ1n) is 12.1. The molecule has 0 fully saturated rings. The number of guanidine groups is 1. The minimum absolute atomic E-state index is 0.112. The normalized spacial score (nSPS) is 12.2. The Labute approximate surface area is 194 Å². The fourth-order valence-corrected chi connectivity index (χ4v) is 2.90. The number of carboxylic acids is 1. The molecule has 0 heterocycles. The largest absolute Gasteiger partial charge is 0.480 e. The molecule has 8 N–H and O–H groups in total. The molecular weight excluding hydrogens is 412 g/mol. The van der Waals surface area contributed by atoms with Crippen LogP contribution in [0.2, 0.25) is 0 Å². The van der Waals surface area contributed by atoms with Gasteiger partial charge in [-0.05, 0) is 26.2 Å². The number of hydrogen-bond donors (Lipinski definition) is 6. The molecule has 0 saturated heterocycles. The highest BCUT2D eigenvalue weighted by Gasteiger charge is 2.10. The second kappa shape index (κ2) is 23.8. The zero-order valence-corrected chi connectivity index (χ0v) is 20.2. The van der Waals surface area contributed by atoms with Crippen molar-refractivity contribution >= 4 is 17.9 Å². The van der Waals surface area contributed by atoms with Gasteiger partial charge >= 0.3 is 11.9 Å². The van der Waals surface area contributed by atoms with Crippen LogP contribution < -0.4 is 16.8 Å². The zero-order valence-electron chi connectivity index (χ0n) is 20.2. The van der Waals surface area contributed by atoms with Crippen LogP contribution in [-0.4, -0.2) is 53.4 Å². The lowest BCUT2D eigenvalue weighted by Gasteiger charge is -2.06. The number of aliphatic carboxylic acids is 1. The molecule has 9 nitrogen and oxygen atoms in total. The summed E-state index contributed by atoms with van der Waals surface area (Å²) in [6, 6.07) is -0.821. The summed E-state index contributed by atoms with van der Waals surface area (Å²) in [5.41, 5.74) is 10.2. The number of aliphatic hydroxyl groups excluding tert-OH is 1. The van der Waals surface area contributed by atoms with E-state index in [1.807, 2.05) is 0 Å². The van der Waals surface area contributed by atoms with E-state index in [-0.39, 0.29) is 5.96 Å². The minimum atomic E-state index is -1.00. The maximum atomic E-state index is 11.0. The summed E-state index contributed by atoms with van der Waals surface area (Å²) < 4.78 is 4.91. The molecule has 0 radical (unpaired) electrons. The van der Waals surface area contributed by atoms with Gasteiger partial charge in [0.15, 0.2) is 5.96 Å². The summed E-state index contributed by atoms with van der Waals surface area (Å²) in [7, 11) is 0. The molecule has 0 aliphatic carbocycles. The highest BCUT2D eigenvalue weighted by atomic mass is 16.5. The van der Waals surface area contributed by atoms with Crippen LogP contribution in [0, 0.1) is 5.41 Å². The Morgan fingerprint density at radius 1 is 0.938 bits per heavy atom. The van der Waals surface area contributed by atoms with Crippen molar-refractivity contribution in [1.29, 1.82) is 5.41 Å². The van der Waals surface area contributed by atoms with Crippen molar-refractivity contribution in [2.75, 3.05) is 13.2 Å². The average molecular weight is 461 g/mol. The van der Waals surface area contributed by atoms with Gasteiger partial charge in [-0.3, -0.25) is 10.2 Å². The molecule has 0 spiro atoms. The predicted octanol–water partition coefficient (Wildman–Crippen LogP) is 3.27. The third kappa shape index (κ3) is 26.2. The second-order valence-corrected chi connectivity index (χ2v) is 8.16. The van der Waals surface area contributed by atoms with Crippen LogP contribution in [0.5, 0.6) is 0 Å². The number of nitrogens with one attached hydrogen (secondary N) is 2. The van der Waals surface area contributed by atoms with Crippen molar-refractivity contribution < 1.29 is 24.5 Å². The molecular formula is C23H48N4O5. The maximum absolute atomic E-state index is 11.0. The summed E-state index contributed by atoms with van der Waals surface area (Å²) in [5, 5.41) is 26.7. The molecule has 0 aliphatic heterocycles. The quantitative estimate of drug-likeness (QED) is 0.0737. The van der Waals surface area contributed by atoms with Crippen molar-refractivity contribution in [3.05, 3.63) is 0 Å². The third-order valence-corrected chi connectivity index (χ3v) is 4.91. The molecule has 9 heteroatoms. The average Bonchev–Trinajstić information content (AvgIpc) is 2.74. The second-order valence-electron chi connectivity index (χ2n) is 8.16. The van der Waals surface area contributed by atoms with E-state index in [9.17, 15) is 9.59 Å². The maximum Gasteiger partial charge on any atom is 0.334 e. The lowest BCUT2D eigenvalue weighted by Crippen LogP contribution is -2.34. The summed E-state index contributed by atoms with van der Waals surface area (Å²) in [6.45, 7) is 4.62. The summed E-state index contributed by atoms with van der Waals surface area (Å²) >= 11 is 0. The number of unbranched alkanes of at least 4 members (excludes halogenated alkanes) is 11. The molecule has 0 saturated carbocycles. The van der Waals surface area contributed by atoms with Crippen molar-refractivity contribution in [2.45, 2.75) is 116 Å². The number of esters is 1. The van der Waals surface area contributed by atoms with Gasteiger partial charge in [-0.25, -0.2) is 4.79 Å². The predicted molar refractivity (Wildman–Crippen MR) is 128 cm³/mol. The number of carboxylic acid groups (broad SMARTS) is 1. The smallest absolute Gasteiger partial charge is 0.334 e. The number of ether oxygens (including phenoxy) is 1. The Morgan fingerprint density at radius 2 is 1.41 bits per heavy atom. The Kier molecular flexibility index (Phi) is 24.0. The van der Waals surface area contributed by atoms with E-state index in [2.05, 4.69) is 12.2 Å². The van der Waals surface area contributed by atoms with Gasteiger partial charge in [0, 0.05) is 6.54 Å². The Hall–Kier alpha value is -1.87. The van der Waals surface area contributed by atoms with E-state index >= 15 is 0 Å². The summed E-state index contributed by atoms with van der Waals surface area (Å²) in [6.07, 6.45) is 15.5. The van der Waals surface area contributed by atoms with Crippen molar-refractivity contribution in [1.82, 2.24) is 5.32 Å². The first-order chi connectivity index (χ1) is 15.2. The molecule has 2 atom stereocenters. The van der Waals surface area contributed by atoms with E-state index < -0.39 is 24.1 Å². The molecule has 2 unspecified atom stereocenters. The van der Waals surface area contributed by atoms with Crippen molar-refractivity contribution in [2.24, 2.45) is 11.5 Å². The number of rotatable bonds is 19. The number of nitrogens with two attached hydrogens (primary N) is 2. The van der Waals surface area contributed by atoms with Gasteiger partial charge in [0.05, 0.1) is 6.61 Å². The molecule has 0 aromatic carbocycles. The Balaban J connectivity index is 0. The SMILES string of the molecule is CCCCCCCCCCCCCCOC(=O)C(C)O.N=C(N)NCCCC(N)C(=O)O. The number of aliphatic hydroxyl groups is 1. The van der Waals surface area contributed by atoms with Gasteiger partial charge in [0.1, 0.15) is 12.1 Å². The Bertz CT molecular complexity index is 475. The fourth-order valence-electron chi connectivity index (χ4n) is 2.90. The van der Waals surface area contributed by atoms with Gasteiger partial charge in [0.25, 0.3) is 0 Å². The molecule has 0 amide bonds. The van der Waals surface area contributed by atoms with Gasteiger partial charge < -0.3 is 31.7 Å². The molecule has 0 aromatic rings. The van der Waals surface area contributed by atoms with Gasteiger partial charge in [0.2, 0.25) is 0 Å². The van der Waals surface area contributed by atoms with Gasteiger partial charge in [-0.2, -0.15) is 0 Å². The van der Waals surface area contributed by atoms with Gasteiger partial charge in [-0.1, -0.05) is 77.6 Å². The van der Waals surface area contributed by atoms with Crippen LogP contribution in [0.15, 0.2) is 0 Å². The van der Waals surface area contributed by atoms with Crippen LogP contribution in [0.3, 0.4) is 0 Å². The minimum Gasteiger partial charge on any atom is -0.480 e. The van der Waals surface area contributed by atoms with E-state index in [4.69, 9.17) is 31.8 Å². The lowest BCUT2D eigenvalue weighted by molar-refractivity contribution is -0.152. The fraction of sp³-hybridized carbons (Fsp3) is 0.870. The van der Waals surface area contributed by atoms with Crippen molar-refractivity contribution in [3.8, 4) is 0 Å². The zero-order chi connectivity index (χ0) is 24.6. The highest BCUT2D eigenvalue weighted by Crippen LogP contribution is 2.11. The van der Waals surface area contributed by atoms with Crippen LogP contribution in [0.4, 0.5) is 0 Å². The van der Waals surface area contributed by atoms with E-state index in [1.54, 1.807) is 0 Å². The summed E-state index contributed by atoms with van der Waals surface area (Å²) in [5.74, 6) is -1.62. The van der Waals surface area contributed by atoms with E-state index in [0.717, 1.165) is 12.8 Å².